The van der Waals surface area contributed by atoms with Gasteiger partial charge in [-0.05, 0) is 48.9 Å². The predicted molar refractivity (Wildman–Crippen MR) is 71.7 cm³/mol. The SMILES string of the molecule is Cc1cccc2oc(COc3ccc(F)cc3)cc12. The Labute approximate surface area is 110 Å². The third-order valence-electron chi connectivity index (χ3n) is 3.03. The van der Waals surface area contributed by atoms with Gasteiger partial charge in [0.05, 0.1) is 0 Å². The minimum absolute atomic E-state index is 0.272. The molecule has 0 atom stereocenters. The second kappa shape index (κ2) is 4.76. The van der Waals surface area contributed by atoms with Crippen LogP contribution < -0.4 is 4.74 Å². The molecule has 0 aliphatic carbocycles. The molecule has 2 aromatic carbocycles. The van der Waals surface area contributed by atoms with Crippen molar-refractivity contribution in [3.8, 4) is 5.75 Å². The zero-order chi connectivity index (χ0) is 13.2. The third kappa shape index (κ3) is 2.45. The molecule has 0 unspecified atom stereocenters. The number of rotatable bonds is 3. The summed E-state index contributed by atoms with van der Waals surface area (Å²) >= 11 is 0. The highest BCUT2D eigenvalue weighted by Gasteiger charge is 2.06. The summed E-state index contributed by atoms with van der Waals surface area (Å²) in [5, 5.41) is 1.10. The number of furan rings is 1. The third-order valence-corrected chi connectivity index (χ3v) is 3.03. The van der Waals surface area contributed by atoms with E-state index in [0.29, 0.717) is 12.4 Å². The van der Waals surface area contributed by atoms with Gasteiger partial charge in [0.1, 0.15) is 29.5 Å². The second-order valence-corrected chi connectivity index (χ2v) is 4.44. The topological polar surface area (TPSA) is 22.4 Å². The zero-order valence-electron chi connectivity index (χ0n) is 10.5. The van der Waals surface area contributed by atoms with Crippen LogP contribution in [-0.4, -0.2) is 0 Å². The largest absolute Gasteiger partial charge is 0.486 e. The summed E-state index contributed by atoms with van der Waals surface area (Å²) in [4.78, 5) is 0. The molecule has 0 N–H and O–H groups in total. The van der Waals surface area contributed by atoms with E-state index in [9.17, 15) is 4.39 Å². The van der Waals surface area contributed by atoms with Crippen LogP contribution in [0.25, 0.3) is 11.0 Å². The summed E-state index contributed by atoms with van der Waals surface area (Å²) in [5.41, 5.74) is 2.03. The summed E-state index contributed by atoms with van der Waals surface area (Å²) in [6, 6.07) is 13.9. The maximum atomic E-state index is 12.8. The molecule has 0 radical (unpaired) electrons. The van der Waals surface area contributed by atoms with Gasteiger partial charge in [0.15, 0.2) is 0 Å². The molecular formula is C16H13FO2. The molecule has 19 heavy (non-hydrogen) atoms. The number of hydrogen-bond donors (Lipinski definition) is 0. The van der Waals surface area contributed by atoms with Crippen molar-refractivity contribution in [1.29, 1.82) is 0 Å². The number of ether oxygens (including phenoxy) is 1. The Morgan fingerprint density at radius 2 is 1.89 bits per heavy atom. The average molecular weight is 256 g/mol. The number of halogens is 1. The maximum Gasteiger partial charge on any atom is 0.146 e. The van der Waals surface area contributed by atoms with E-state index in [0.717, 1.165) is 16.7 Å². The number of hydrogen-bond acceptors (Lipinski definition) is 2. The van der Waals surface area contributed by atoms with Crippen molar-refractivity contribution in [3.05, 3.63) is 65.7 Å². The molecule has 0 aliphatic rings. The summed E-state index contributed by atoms with van der Waals surface area (Å²) in [6.07, 6.45) is 0. The standard InChI is InChI=1S/C16H13FO2/c1-11-3-2-4-16-15(11)9-14(19-16)10-18-13-7-5-12(17)6-8-13/h2-9H,10H2,1H3. The van der Waals surface area contributed by atoms with Crippen molar-refractivity contribution in [2.24, 2.45) is 0 Å². The van der Waals surface area contributed by atoms with Gasteiger partial charge < -0.3 is 9.15 Å². The first-order valence-electron chi connectivity index (χ1n) is 6.09. The van der Waals surface area contributed by atoms with Gasteiger partial charge in [-0.15, -0.1) is 0 Å². The first-order chi connectivity index (χ1) is 9.22. The van der Waals surface area contributed by atoms with Crippen LogP contribution in [0.3, 0.4) is 0 Å². The number of aryl methyl sites for hydroxylation is 1. The summed E-state index contributed by atoms with van der Waals surface area (Å²) < 4.78 is 24.0. The fourth-order valence-electron chi connectivity index (χ4n) is 2.02. The van der Waals surface area contributed by atoms with Crippen LogP contribution in [0.1, 0.15) is 11.3 Å². The lowest BCUT2D eigenvalue weighted by atomic mass is 10.1. The van der Waals surface area contributed by atoms with Gasteiger partial charge in [-0.2, -0.15) is 0 Å². The van der Waals surface area contributed by atoms with E-state index in [1.54, 1.807) is 12.1 Å². The highest BCUT2D eigenvalue weighted by Crippen LogP contribution is 2.23. The first kappa shape index (κ1) is 11.8. The van der Waals surface area contributed by atoms with Crippen molar-refractivity contribution in [2.45, 2.75) is 13.5 Å². The Morgan fingerprint density at radius 3 is 2.63 bits per heavy atom. The van der Waals surface area contributed by atoms with Gasteiger partial charge in [-0.1, -0.05) is 12.1 Å². The smallest absolute Gasteiger partial charge is 0.146 e. The van der Waals surface area contributed by atoms with Crippen molar-refractivity contribution in [3.63, 3.8) is 0 Å². The highest BCUT2D eigenvalue weighted by molar-refractivity contribution is 5.81. The van der Waals surface area contributed by atoms with Crippen LogP contribution in [0.2, 0.25) is 0 Å². The molecule has 0 spiro atoms. The lowest BCUT2D eigenvalue weighted by Crippen LogP contribution is -1.93. The van der Waals surface area contributed by atoms with Crippen LogP contribution in [0.4, 0.5) is 4.39 Å². The van der Waals surface area contributed by atoms with Crippen molar-refractivity contribution in [1.82, 2.24) is 0 Å². The Hall–Kier alpha value is -2.29. The summed E-state index contributed by atoms with van der Waals surface area (Å²) in [5.74, 6) is 1.11. The molecule has 0 saturated carbocycles. The van der Waals surface area contributed by atoms with E-state index >= 15 is 0 Å². The molecular weight excluding hydrogens is 243 g/mol. The number of fused-ring (bicyclic) bond motifs is 1. The van der Waals surface area contributed by atoms with Crippen molar-refractivity contribution < 1.29 is 13.5 Å². The Morgan fingerprint density at radius 1 is 1.11 bits per heavy atom. The Kier molecular flexibility index (Phi) is 2.95. The normalized spacial score (nSPS) is 10.8. The molecule has 0 saturated heterocycles. The Balaban J connectivity index is 1.78. The van der Waals surface area contributed by atoms with Crippen LogP contribution >= 0.6 is 0 Å². The minimum Gasteiger partial charge on any atom is -0.486 e. The predicted octanol–water partition coefficient (Wildman–Crippen LogP) is 4.46. The van der Waals surface area contributed by atoms with Crippen LogP contribution in [0.15, 0.2) is 52.9 Å². The van der Waals surface area contributed by atoms with E-state index in [1.807, 2.05) is 31.2 Å². The first-order valence-corrected chi connectivity index (χ1v) is 6.09. The van der Waals surface area contributed by atoms with E-state index in [2.05, 4.69) is 0 Å². The van der Waals surface area contributed by atoms with E-state index < -0.39 is 0 Å². The maximum absolute atomic E-state index is 12.8. The quantitative estimate of drug-likeness (QED) is 0.690. The van der Waals surface area contributed by atoms with Crippen LogP contribution in [0, 0.1) is 12.7 Å². The average Bonchev–Trinajstić information content (AvgIpc) is 2.83. The molecule has 0 aliphatic heterocycles. The summed E-state index contributed by atoms with van der Waals surface area (Å²) in [6.45, 7) is 2.38. The van der Waals surface area contributed by atoms with Gasteiger partial charge >= 0.3 is 0 Å². The lowest BCUT2D eigenvalue weighted by Gasteiger charge is -2.03. The summed E-state index contributed by atoms with van der Waals surface area (Å²) in [7, 11) is 0. The molecule has 2 nitrogen and oxygen atoms in total. The zero-order valence-corrected chi connectivity index (χ0v) is 10.5. The van der Waals surface area contributed by atoms with Gasteiger partial charge in [-0.25, -0.2) is 4.39 Å². The van der Waals surface area contributed by atoms with Crippen LogP contribution in [0.5, 0.6) is 5.75 Å². The molecule has 1 aromatic heterocycles. The molecule has 0 bridgehead atoms. The van der Waals surface area contributed by atoms with Crippen molar-refractivity contribution >= 4 is 11.0 Å². The molecule has 1 heterocycles. The van der Waals surface area contributed by atoms with E-state index in [4.69, 9.17) is 9.15 Å². The van der Waals surface area contributed by atoms with Gasteiger partial charge in [0.25, 0.3) is 0 Å². The van der Waals surface area contributed by atoms with Crippen LogP contribution in [-0.2, 0) is 6.61 Å². The molecule has 96 valence electrons. The van der Waals surface area contributed by atoms with E-state index in [-0.39, 0.29) is 5.82 Å². The number of benzene rings is 2. The molecule has 3 heteroatoms. The van der Waals surface area contributed by atoms with Gasteiger partial charge in [-0.3, -0.25) is 0 Å². The molecule has 3 rings (SSSR count). The Bertz CT molecular complexity index is 698. The molecule has 0 amide bonds. The van der Waals surface area contributed by atoms with Gasteiger partial charge in [0.2, 0.25) is 0 Å². The second-order valence-electron chi connectivity index (χ2n) is 4.44. The fourth-order valence-corrected chi connectivity index (χ4v) is 2.02. The van der Waals surface area contributed by atoms with Crippen molar-refractivity contribution in [2.75, 3.05) is 0 Å². The van der Waals surface area contributed by atoms with Gasteiger partial charge in [0, 0.05) is 5.39 Å². The lowest BCUT2D eigenvalue weighted by molar-refractivity contribution is 0.274. The minimum atomic E-state index is -0.272. The van der Waals surface area contributed by atoms with E-state index in [1.165, 1.54) is 17.7 Å². The molecule has 3 aromatic rings. The fraction of sp³-hybridized carbons (Fsp3) is 0.125. The monoisotopic (exact) mass is 256 g/mol. The molecule has 0 fully saturated rings. The highest BCUT2D eigenvalue weighted by atomic mass is 19.1.